The molecule has 1 saturated heterocycles. The second-order valence-electron chi connectivity index (χ2n) is 5.58. The fourth-order valence-electron chi connectivity index (χ4n) is 2.35. The van der Waals surface area contributed by atoms with E-state index in [0.717, 1.165) is 0 Å². The van der Waals surface area contributed by atoms with Crippen LogP contribution in [-0.4, -0.2) is 57.2 Å². The van der Waals surface area contributed by atoms with E-state index in [2.05, 4.69) is 6.07 Å². The molecule has 1 N–H and O–H groups in total. The molecule has 1 aliphatic rings. The summed E-state index contributed by atoms with van der Waals surface area (Å²) in [4.78, 5) is 27.2. The van der Waals surface area contributed by atoms with Crippen LogP contribution in [0.25, 0.3) is 0 Å². The minimum atomic E-state index is -0.969. The zero-order valence-electron chi connectivity index (χ0n) is 12.9. The summed E-state index contributed by atoms with van der Waals surface area (Å²) >= 11 is 1.51. The number of nitriles is 1. The minimum Gasteiger partial charge on any atom is -0.480 e. The lowest BCUT2D eigenvalue weighted by atomic mass is 10.1. The van der Waals surface area contributed by atoms with Gasteiger partial charge >= 0.3 is 12.0 Å². The standard InChI is InChI=1S/C14H23N3O3S/c1-5-16(7-10(4)6-15)14(20)17-11(13(18)19)8-21-12(17)9(2)3/h9-12H,5,7-8H2,1-4H3,(H,18,19). The minimum absolute atomic E-state index is 0.134. The van der Waals surface area contributed by atoms with Crippen LogP contribution in [0.4, 0.5) is 4.79 Å². The number of hydrogen-bond acceptors (Lipinski definition) is 4. The van der Waals surface area contributed by atoms with Crippen LogP contribution in [0.2, 0.25) is 0 Å². The Balaban J connectivity index is 2.97. The molecular weight excluding hydrogens is 290 g/mol. The van der Waals surface area contributed by atoms with Crippen molar-refractivity contribution in [1.82, 2.24) is 9.80 Å². The van der Waals surface area contributed by atoms with Crippen molar-refractivity contribution in [2.24, 2.45) is 11.8 Å². The first-order valence-corrected chi connectivity index (χ1v) is 8.19. The van der Waals surface area contributed by atoms with Crippen molar-refractivity contribution in [2.75, 3.05) is 18.8 Å². The Morgan fingerprint density at radius 1 is 1.48 bits per heavy atom. The van der Waals surface area contributed by atoms with Crippen molar-refractivity contribution < 1.29 is 14.7 Å². The number of nitrogens with zero attached hydrogens (tertiary/aromatic N) is 3. The van der Waals surface area contributed by atoms with Crippen LogP contribution < -0.4 is 0 Å². The third kappa shape index (κ3) is 4.03. The lowest BCUT2D eigenvalue weighted by Gasteiger charge is -2.34. The Bertz CT molecular complexity index is 436. The Morgan fingerprint density at radius 2 is 2.10 bits per heavy atom. The number of carbonyl (C=O) groups excluding carboxylic acids is 1. The molecule has 1 heterocycles. The van der Waals surface area contributed by atoms with Gasteiger partial charge in [0.25, 0.3) is 0 Å². The van der Waals surface area contributed by atoms with E-state index in [9.17, 15) is 14.7 Å². The molecule has 0 saturated carbocycles. The summed E-state index contributed by atoms with van der Waals surface area (Å²) < 4.78 is 0. The Hall–Kier alpha value is -1.42. The molecule has 0 bridgehead atoms. The summed E-state index contributed by atoms with van der Waals surface area (Å²) in [6.07, 6.45) is 0. The van der Waals surface area contributed by atoms with Gasteiger partial charge in [-0.2, -0.15) is 5.26 Å². The molecule has 6 nitrogen and oxygen atoms in total. The number of carbonyl (C=O) groups is 2. The molecule has 1 fully saturated rings. The van der Waals surface area contributed by atoms with E-state index in [1.54, 1.807) is 11.8 Å². The fraction of sp³-hybridized carbons (Fsp3) is 0.786. The van der Waals surface area contributed by atoms with Crippen LogP contribution in [0.1, 0.15) is 27.7 Å². The van der Waals surface area contributed by atoms with Gasteiger partial charge in [0.05, 0.1) is 17.4 Å². The van der Waals surface area contributed by atoms with Gasteiger partial charge in [0.2, 0.25) is 0 Å². The van der Waals surface area contributed by atoms with Gasteiger partial charge in [0, 0.05) is 18.8 Å². The second-order valence-corrected chi connectivity index (χ2v) is 6.73. The van der Waals surface area contributed by atoms with Crippen LogP contribution in [0, 0.1) is 23.2 Å². The molecule has 7 heteroatoms. The van der Waals surface area contributed by atoms with Gasteiger partial charge in [0.1, 0.15) is 6.04 Å². The molecule has 0 aromatic heterocycles. The van der Waals surface area contributed by atoms with Crippen molar-refractivity contribution in [3.05, 3.63) is 0 Å². The normalized spacial score (nSPS) is 23.0. The molecule has 3 atom stereocenters. The predicted molar refractivity (Wildman–Crippen MR) is 81.8 cm³/mol. The van der Waals surface area contributed by atoms with E-state index in [1.165, 1.54) is 16.7 Å². The fourth-order valence-corrected chi connectivity index (χ4v) is 3.82. The highest BCUT2D eigenvalue weighted by molar-refractivity contribution is 8.00. The van der Waals surface area contributed by atoms with E-state index in [1.807, 2.05) is 20.8 Å². The molecule has 3 unspecified atom stereocenters. The molecule has 0 aliphatic carbocycles. The van der Waals surface area contributed by atoms with Crippen LogP contribution in [0.15, 0.2) is 0 Å². The summed E-state index contributed by atoms with van der Waals surface area (Å²) in [7, 11) is 0. The summed E-state index contributed by atoms with van der Waals surface area (Å²) in [6.45, 7) is 8.34. The monoisotopic (exact) mass is 313 g/mol. The van der Waals surface area contributed by atoms with Crippen molar-refractivity contribution >= 4 is 23.8 Å². The lowest BCUT2D eigenvalue weighted by molar-refractivity contribution is -0.141. The highest BCUT2D eigenvalue weighted by atomic mass is 32.2. The van der Waals surface area contributed by atoms with E-state index in [-0.39, 0.29) is 23.2 Å². The number of thioether (sulfide) groups is 1. The summed E-state index contributed by atoms with van der Waals surface area (Å²) in [5.41, 5.74) is 0. The summed E-state index contributed by atoms with van der Waals surface area (Å²) in [6, 6.07) is 1.04. The van der Waals surface area contributed by atoms with E-state index in [0.29, 0.717) is 18.8 Å². The maximum atomic E-state index is 12.7. The Labute approximate surface area is 130 Å². The maximum Gasteiger partial charge on any atom is 0.327 e. The van der Waals surface area contributed by atoms with Gasteiger partial charge in [-0.25, -0.2) is 9.59 Å². The van der Waals surface area contributed by atoms with Gasteiger partial charge in [-0.3, -0.25) is 4.90 Å². The van der Waals surface area contributed by atoms with Crippen LogP contribution >= 0.6 is 11.8 Å². The molecule has 2 amide bonds. The molecule has 1 rings (SSSR count). The van der Waals surface area contributed by atoms with Gasteiger partial charge in [-0.15, -0.1) is 11.8 Å². The molecule has 1 aliphatic heterocycles. The number of urea groups is 1. The first kappa shape index (κ1) is 17.6. The maximum absolute atomic E-state index is 12.7. The molecule has 0 radical (unpaired) electrons. The molecule has 118 valence electrons. The number of hydrogen-bond donors (Lipinski definition) is 1. The first-order chi connectivity index (χ1) is 9.83. The average molecular weight is 313 g/mol. The largest absolute Gasteiger partial charge is 0.480 e. The van der Waals surface area contributed by atoms with Crippen molar-refractivity contribution in [3.63, 3.8) is 0 Å². The molecule has 0 spiro atoms. The SMILES string of the molecule is CCN(CC(C)C#N)C(=O)N1C(C(=O)O)CSC1C(C)C. The van der Waals surface area contributed by atoms with Crippen molar-refractivity contribution in [1.29, 1.82) is 5.26 Å². The van der Waals surface area contributed by atoms with E-state index >= 15 is 0 Å². The van der Waals surface area contributed by atoms with Gasteiger partial charge in [-0.05, 0) is 19.8 Å². The molecular formula is C14H23N3O3S. The summed E-state index contributed by atoms with van der Waals surface area (Å²) in [5.74, 6) is -0.654. The van der Waals surface area contributed by atoms with Crippen LogP contribution in [0.3, 0.4) is 0 Å². The third-order valence-electron chi connectivity index (χ3n) is 3.48. The van der Waals surface area contributed by atoms with Crippen molar-refractivity contribution in [2.45, 2.75) is 39.1 Å². The number of carboxylic acid groups (broad SMARTS) is 1. The molecule has 0 aromatic carbocycles. The zero-order chi connectivity index (χ0) is 16.2. The quantitative estimate of drug-likeness (QED) is 0.840. The van der Waals surface area contributed by atoms with Gasteiger partial charge < -0.3 is 10.0 Å². The highest BCUT2D eigenvalue weighted by Gasteiger charge is 2.44. The first-order valence-electron chi connectivity index (χ1n) is 7.14. The average Bonchev–Trinajstić information content (AvgIpc) is 2.88. The zero-order valence-corrected chi connectivity index (χ0v) is 13.8. The second kappa shape index (κ2) is 7.55. The Kier molecular flexibility index (Phi) is 6.34. The lowest BCUT2D eigenvalue weighted by Crippen LogP contribution is -2.53. The van der Waals surface area contributed by atoms with Gasteiger partial charge in [0.15, 0.2) is 0 Å². The smallest absolute Gasteiger partial charge is 0.327 e. The predicted octanol–water partition coefficient (Wildman–Crippen LogP) is 2.07. The summed E-state index contributed by atoms with van der Waals surface area (Å²) in [5, 5.41) is 18.1. The van der Waals surface area contributed by atoms with E-state index in [4.69, 9.17) is 5.26 Å². The van der Waals surface area contributed by atoms with Gasteiger partial charge in [-0.1, -0.05) is 13.8 Å². The van der Waals surface area contributed by atoms with Crippen LogP contribution in [0.5, 0.6) is 0 Å². The van der Waals surface area contributed by atoms with E-state index < -0.39 is 12.0 Å². The highest BCUT2D eigenvalue weighted by Crippen LogP contribution is 2.35. The number of rotatable bonds is 5. The van der Waals surface area contributed by atoms with Crippen LogP contribution in [-0.2, 0) is 4.79 Å². The third-order valence-corrected chi connectivity index (χ3v) is 5.10. The van der Waals surface area contributed by atoms with Crippen molar-refractivity contribution in [3.8, 4) is 6.07 Å². The number of aliphatic carboxylic acids is 1. The Morgan fingerprint density at radius 3 is 2.52 bits per heavy atom. The molecule has 0 aromatic rings. The number of amides is 2. The topological polar surface area (TPSA) is 84.6 Å². The molecule has 21 heavy (non-hydrogen) atoms. The number of carboxylic acids is 1.